The molecule has 1 heterocycles. The fourth-order valence-corrected chi connectivity index (χ4v) is 2.53. The standard InChI is InChI=1S/C13H13NO4S/c1-17-9-5-3-4-8(6-9)14-12-11(13(16)18-2)10(15)7-19-12/h3-6,15H,7H2,1-2H3. The molecule has 0 saturated carbocycles. The van der Waals surface area contributed by atoms with E-state index in [1.165, 1.54) is 18.9 Å². The van der Waals surface area contributed by atoms with E-state index < -0.39 is 5.97 Å². The lowest BCUT2D eigenvalue weighted by molar-refractivity contribution is -0.135. The van der Waals surface area contributed by atoms with Gasteiger partial charge in [0, 0.05) is 6.07 Å². The number of aliphatic imine (C=N–C) groups is 1. The second-order valence-corrected chi connectivity index (χ2v) is 4.68. The van der Waals surface area contributed by atoms with Crippen LogP contribution in [0.2, 0.25) is 0 Å². The molecule has 0 unspecified atom stereocenters. The Bertz CT molecular complexity index is 566. The molecule has 0 atom stereocenters. The normalized spacial score (nSPS) is 16.8. The summed E-state index contributed by atoms with van der Waals surface area (Å²) in [6.07, 6.45) is 0. The monoisotopic (exact) mass is 279 g/mol. The molecule has 1 aromatic rings. The van der Waals surface area contributed by atoms with E-state index in [1.807, 2.05) is 0 Å². The quantitative estimate of drug-likeness (QED) is 0.861. The smallest absolute Gasteiger partial charge is 0.344 e. The van der Waals surface area contributed by atoms with E-state index in [0.717, 1.165) is 0 Å². The molecule has 0 fully saturated rings. The SMILES string of the molecule is COC(=O)C1=C(O)CSC1=Nc1cccc(OC)c1. The molecule has 1 aliphatic heterocycles. The molecule has 0 spiro atoms. The number of aliphatic hydroxyl groups is 1. The van der Waals surface area contributed by atoms with Crippen LogP contribution in [0.3, 0.4) is 0 Å². The van der Waals surface area contributed by atoms with Gasteiger partial charge in [-0.1, -0.05) is 17.8 Å². The van der Waals surface area contributed by atoms with Crippen LogP contribution in [0.5, 0.6) is 5.75 Å². The summed E-state index contributed by atoms with van der Waals surface area (Å²) in [7, 11) is 2.84. The van der Waals surface area contributed by atoms with Gasteiger partial charge in [0.05, 0.1) is 25.7 Å². The summed E-state index contributed by atoms with van der Waals surface area (Å²) in [6.45, 7) is 0. The van der Waals surface area contributed by atoms with E-state index in [4.69, 9.17) is 4.74 Å². The Morgan fingerprint density at radius 3 is 2.89 bits per heavy atom. The Morgan fingerprint density at radius 2 is 2.21 bits per heavy atom. The molecule has 0 bridgehead atoms. The Morgan fingerprint density at radius 1 is 1.42 bits per heavy atom. The average molecular weight is 279 g/mol. The van der Waals surface area contributed by atoms with Crippen LogP contribution in [0, 0.1) is 0 Å². The highest BCUT2D eigenvalue weighted by atomic mass is 32.2. The summed E-state index contributed by atoms with van der Waals surface area (Å²) in [4.78, 5) is 15.9. The molecule has 0 aliphatic carbocycles. The van der Waals surface area contributed by atoms with Crippen LogP contribution >= 0.6 is 11.8 Å². The zero-order valence-corrected chi connectivity index (χ0v) is 11.4. The maximum absolute atomic E-state index is 11.6. The van der Waals surface area contributed by atoms with Gasteiger partial charge in [-0.15, -0.1) is 0 Å². The van der Waals surface area contributed by atoms with Crippen molar-refractivity contribution in [2.24, 2.45) is 4.99 Å². The number of aliphatic hydroxyl groups excluding tert-OH is 1. The number of benzene rings is 1. The molecule has 0 saturated heterocycles. The molecule has 0 amide bonds. The highest BCUT2D eigenvalue weighted by molar-refractivity contribution is 8.15. The topological polar surface area (TPSA) is 68.1 Å². The van der Waals surface area contributed by atoms with Crippen molar-refractivity contribution in [1.29, 1.82) is 0 Å². The molecule has 0 aromatic heterocycles. The van der Waals surface area contributed by atoms with E-state index in [0.29, 0.717) is 22.2 Å². The van der Waals surface area contributed by atoms with Crippen LogP contribution < -0.4 is 4.74 Å². The lowest BCUT2D eigenvalue weighted by Gasteiger charge is -2.03. The Balaban J connectivity index is 2.35. The zero-order chi connectivity index (χ0) is 13.8. The van der Waals surface area contributed by atoms with Crippen molar-refractivity contribution in [1.82, 2.24) is 0 Å². The largest absolute Gasteiger partial charge is 0.510 e. The predicted molar refractivity (Wildman–Crippen MR) is 74.2 cm³/mol. The fourth-order valence-electron chi connectivity index (χ4n) is 1.60. The summed E-state index contributed by atoms with van der Waals surface area (Å²) < 4.78 is 9.75. The molecule has 1 aliphatic rings. The number of hydrogen-bond donors (Lipinski definition) is 1. The van der Waals surface area contributed by atoms with Gasteiger partial charge < -0.3 is 14.6 Å². The Hall–Kier alpha value is -1.95. The highest BCUT2D eigenvalue weighted by Crippen LogP contribution is 2.30. The van der Waals surface area contributed by atoms with Gasteiger partial charge in [-0.3, -0.25) is 0 Å². The highest BCUT2D eigenvalue weighted by Gasteiger charge is 2.28. The molecule has 6 heteroatoms. The lowest BCUT2D eigenvalue weighted by atomic mass is 10.2. The van der Waals surface area contributed by atoms with Crippen molar-refractivity contribution >= 4 is 28.5 Å². The van der Waals surface area contributed by atoms with Crippen molar-refractivity contribution < 1.29 is 19.4 Å². The minimum atomic E-state index is -0.579. The lowest BCUT2D eigenvalue weighted by Crippen LogP contribution is -2.10. The van der Waals surface area contributed by atoms with Gasteiger partial charge >= 0.3 is 5.97 Å². The van der Waals surface area contributed by atoms with Crippen molar-refractivity contribution in [2.75, 3.05) is 20.0 Å². The minimum Gasteiger partial charge on any atom is -0.510 e. The Labute approximate surface area is 114 Å². The van der Waals surface area contributed by atoms with Crippen molar-refractivity contribution in [3.8, 4) is 5.75 Å². The van der Waals surface area contributed by atoms with Crippen LogP contribution in [0.15, 0.2) is 40.6 Å². The van der Waals surface area contributed by atoms with Gasteiger partial charge in [0.15, 0.2) is 0 Å². The first-order chi connectivity index (χ1) is 9.15. The first kappa shape index (κ1) is 13.5. The molecule has 1 aromatic carbocycles. The number of carbonyl (C=O) groups is 1. The number of nitrogens with zero attached hydrogens (tertiary/aromatic N) is 1. The average Bonchev–Trinajstić information content (AvgIpc) is 2.79. The van der Waals surface area contributed by atoms with Gasteiger partial charge in [0.2, 0.25) is 0 Å². The Kier molecular flexibility index (Phi) is 4.11. The van der Waals surface area contributed by atoms with Crippen LogP contribution in [-0.2, 0) is 9.53 Å². The fraction of sp³-hybridized carbons (Fsp3) is 0.231. The molecular weight excluding hydrogens is 266 g/mol. The number of carbonyl (C=O) groups excluding carboxylic acids is 1. The third-order valence-electron chi connectivity index (χ3n) is 2.52. The maximum atomic E-state index is 11.6. The number of hydrogen-bond acceptors (Lipinski definition) is 6. The summed E-state index contributed by atoms with van der Waals surface area (Å²) in [6, 6.07) is 7.15. The third kappa shape index (κ3) is 2.90. The molecule has 0 radical (unpaired) electrons. The van der Waals surface area contributed by atoms with Crippen molar-refractivity contribution in [3.63, 3.8) is 0 Å². The third-order valence-corrected chi connectivity index (χ3v) is 3.51. The van der Waals surface area contributed by atoms with E-state index >= 15 is 0 Å². The molecule has 19 heavy (non-hydrogen) atoms. The van der Waals surface area contributed by atoms with Gasteiger partial charge in [-0.2, -0.15) is 0 Å². The van der Waals surface area contributed by atoms with E-state index in [-0.39, 0.29) is 11.3 Å². The molecule has 5 nitrogen and oxygen atoms in total. The number of thioether (sulfide) groups is 1. The molecule has 100 valence electrons. The molecular formula is C13H13NO4S. The summed E-state index contributed by atoms with van der Waals surface area (Å²) in [5.41, 5.74) is 0.785. The second kappa shape index (κ2) is 5.79. The number of methoxy groups -OCH3 is 2. The number of esters is 1. The van der Waals surface area contributed by atoms with Gasteiger partial charge in [0.25, 0.3) is 0 Å². The van der Waals surface area contributed by atoms with Gasteiger partial charge in [-0.05, 0) is 12.1 Å². The molecule has 2 rings (SSSR count). The van der Waals surface area contributed by atoms with Gasteiger partial charge in [0.1, 0.15) is 22.1 Å². The minimum absolute atomic E-state index is 0.00139. The first-order valence-electron chi connectivity index (χ1n) is 5.52. The van der Waals surface area contributed by atoms with Crippen LogP contribution in [0.4, 0.5) is 5.69 Å². The number of rotatable bonds is 3. The summed E-state index contributed by atoms with van der Waals surface area (Å²) in [5.74, 6) is 0.424. The maximum Gasteiger partial charge on any atom is 0.344 e. The van der Waals surface area contributed by atoms with Crippen LogP contribution in [0.25, 0.3) is 0 Å². The van der Waals surface area contributed by atoms with Crippen molar-refractivity contribution in [3.05, 3.63) is 35.6 Å². The van der Waals surface area contributed by atoms with E-state index in [2.05, 4.69) is 9.73 Å². The van der Waals surface area contributed by atoms with E-state index in [9.17, 15) is 9.90 Å². The first-order valence-corrected chi connectivity index (χ1v) is 6.50. The van der Waals surface area contributed by atoms with Crippen LogP contribution in [0.1, 0.15) is 0 Å². The summed E-state index contributed by atoms with van der Waals surface area (Å²) >= 11 is 1.29. The zero-order valence-electron chi connectivity index (χ0n) is 10.5. The van der Waals surface area contributed by atoms with Crippen molar-refractivity contribution in [2.45, 2.75) is 0 Å². The number of ether oxygens (including phenoxy) is 2. The summed E-state index contributed by atoms with van der Waals surface area (Å²) in [5, 5.41) is 10.1. The second-order valence-electron chi connectivity index (χ2n) is 3.72. The molecule has 1 N–H and O–H groups in total. The van der Waals surface area contributed by atoms with Gasteiger partial charge in [-0.25, -0.2) is 9.79 Å². The predicted octanol–water partition coefficient (Wildman–Crippen LogP) is 2.46. The van der Waals surface area contributed by atoms with Crippen LogP contribution in [-0.4, -0.2) is 36.1 Å². The van der Waals surface area contributed by atoms with E-state index in [1.54, 1.807) is 31.4 Å².